The van der Waals surface area contributed by atoms with E-state index in [-0.39, 0.29) is 17.8 Å². The number of alkyl halides is 1. The summed E-state index contributed by atoms with van der Waals surface area (Å²) < 4.78 is 22.4. The summed E-state index contributed by atoms with van der Waals surface area (Å²) >= 11 is 3.30. The fraction of sp³-hybridized carbons (Fsp3) is 0.250. The SMILES string of the molecule is COc1ccc2oc(-c3ccccc3)c(OCCOCCBr)c(=O)c2c1. The van der Waals surface area contributed by atoms with Crippen molar-refractivity contribution in [2.45, 2.75) is 0 Å². The Morgan fingerprint density at radius 2 is 1.85 bits per heavy atom. The van der Waals surface area contributed by atoms with Gasteiger partial charge in [0.2, 0.25) is 11.2 Å². The second-order valence-electron chi connectivity index (χ2n) is 5.47. The Labute approximate surface area is 159 Å². The van der Waals surface area contributed by atoms with Crippen molar-refractivity contribution in [2.24, 2.45) is 0 Å². The quantitative estimate of drug-likeness (QED) is 0.404. The van der Waals surface area contributed by atoms with Crippen molar-refractivity contribution in [2.75, 3.05) is 32.3 Å². The van der Waals surface area contributed by atoms with Gasteiger partial charge in [0.1, 0.15) is 17.9 Å². The van der Waals surface area contributed by atoms with Crippen LogP contribution in [0.15, 0.2) is 57.7 Å². The molecule has 0 saturated heterocycles. The van der Waals surface area contributed by atoms with Crippen molar-refractivity contribution in [3.8, 4) is 22.8 Å². The Balaban J connectivity index is 2.05. The number of hydrogen-bond donors (Lipinski definition) is 0. The minimum atomic E-state index is -0.232. The summed E-state index contributed by atoms with van der Waals surface area (Å²) in [4.78, 5) is 13.0. The molecule has 0 atom stereocenters. The molecule has 6 heteroatoms. The van der Waals surface area contributed by atoms with Gasteiger partial charge in [0.25, 0.3) is 0 Å². The molecule has 1 heterocycles. The van der Waals surface area contributed by atoms with Gasteiger partial charge in [-0.25, -0.2) is 0 Å². The number of rotatable bonds is 8. The lowest BCUT2D eigenvalue weighted by Crippen LogP contribution is -2.14. The first-order valence-corrected chi connectivity index (χ1v) is 9.33. The maximum absolute atomic E-state index is 13.0. The van der Waals surface area contributed by atoms with Crippen LogP contribution in [0.1, 0.15) is 0 Å². The molecule has 3 aromatic rings. The van der Waals surface area contributed by atoms with E-state index < -0.39 is 0 Å². The van der Waals surface area contributed by atoms with Crippen molar-refractivity contribution < 1.29 is 18.6 Å². The Morgan fingerprint density at radius 1 is 1.04 bits per heavy atom. The standard InChI is InChI=1S/C20H19BrO5/c1-23-15-7-8-17-16(13-15)18(22)20(25-12-11-24-10-9-21)19(26-17)14-5-3-2-4-6-14/h2-8,13H,9-12H2,1H3. The molecule has 3 rings (SSSR count). The predicted molar refractivity (Wildman–Crippen MR) is 105 cm³/mol. The zero-order valence-electron chi connectivity index (χ0n) is 14.4. The highest BCUT2D eigenvalue weighted by atomic mass is 79.9. The second kappa shape index (κ2) is 8.87. The van der Waals surface area contributed by atoms with Gasteiger partial charge in [-0.3, -0.25) is 4.79 Å². The molecule has 26 heavy (non-hydrogen) atoms. The molecule has 0 aliphatic rings. The van der Waals surface area contributed by atoms with Gasteiger partial charge in [0.15, 0.2) is 5.76 Å². The van der Waals surface area contributed by atoms with Crippen LogP contribution in [0.3, 0.4) is 0 Å². The van der Waals surface area contributed by atoms with Crippen molar-refractivity contribution in [3.05, 3.63) is 58.8 Å². The molecule has 0 fully saturated rings. The predicted octanol–water partition coefficient (Wildman–Crippen LogP) is 4.26. The lowest BCUT2D eigenvalue weighted by molar-refractivity contribution is 0.111. The van der Waals surface area contributed by atoms with E-state index in [0.717, 1.165) is 10.9 Å². The summed E-state index contributed by atoms with van der Waals surface area (Å²) in [6.45, 7) is 1.22. The number of methoxy groups -OCH3 is 1. The molecular formula is C20H19BrO5. The molecule has 0 radical (unpaired) electrons. The van der Waals surface area contributed by atoms with E-state index in [1.807, 2.05) is 30.3 Å². The zero-order valence-corrected chi connectivity index (χ0v) is 16.0. The Morgan fingerprint density at radius 3 is 2.58 bits per heavy atom. The molecule has 5 nitrogen and oxygen atoms in total. The second-order valence-corrected chi connectivity index (χ2v) is 6.26. The van der Waals surface area contributed by atoms with E-state index in [4.69, 9.17) is 18.6 Å². The number of ether oxygens (including phenoxy) is 3. The summed E-state index contributed by atoms with van der Waals surface area (Å²) in [6.07, 6.45) is 0. The van der Waals surface area contributed by atoms with Gasteiger partial charge < -0.3 is 18.6 Å². The normalized spacial score (nSPS) is 10.8. The lowest BCUT2D eigenvalue weighted by Gasteiger charge is -2.12. The van der Waals surface area contributed by atoms with Crippen LogP contribution in [-0.2, 0) is 4.74 Å². The molecule has 0 aliphatic heterocycles. The molecule has 2 aromatic carbocycles. The highest BCUT2D eigenvalue weighted by molar-refractivity contribution is 9.09. The van der Waals surface area contributed by atoms with Gasteiger partial charge in [-0.05, 0) is 18.2 Å². The first-order valence-electron chi connectivity index (χ1n) is 8.21. The first-order chi connectivity index (χ1) is 12.7. The third kappa shape index (κ3) is 4.08. The van der Waals surface area contributed by atoms with E-state index in [9.17, 15) is 4.79 Å². The molecule has 0 bridgehead atoms. The van der Waals surface area contributed by atoms with Crippen LogP contribution in [0.2, 0.25) is 0 Å². The number of halogens is 1. The molecule has 0 spiro atoms. The van der Waals surface area contributed by atoms with Crippen LogP contribution in [0.25, 0.3) is 22.3 Å². The van der Waals surface area contributed by atoms with Crippen LogP contribution in [0.5, 0.6) is 11.5 Å². The van der Waals surface area contributed by atoms with Crippen LogP contribution >= 0.6 is 15.9 Å². The van der Waals surface area contributed by atoms with Crippen LogP contribution < -0.4 is 14.9 Å². The maximum atomic E-state index is 13.0. The largest absolute Gasteiger partial charge is 0.497 e. The fourth-order valence-corrected chi connectivity index (χ4v) is 2.78. The summed E-state index contributed by atoms with van der Waals surface area (Å²) in [7, 11) is 1.56. The smallest absolute Gasteiger partial charge is 0.235 e. The number of fused-ring (bicyclic) bond motifs is 1. The van der Waals surface area contributed by atoms with E-state index in [1.54, 1.807) is 25.3 Å². The van der Waals surface area contributed by atoms with Crippen LogP contribution in [0, 0.1) is 0 Å². The summed E-state index contributed by atoms with van der Waals surface area (Å²) in [5, 5.41) is 1.17. The Bertz CT molecular complexity index is 921. The molecule has 136 valence electrons. The maximum Gasteiger partial charge on any atom is 0.235 e. The average Bonchev–Trinajstić information content (AvgIpc) is 2.69. The van der Waals surface area contributed by atoms with Gasteiger partial charge >= 0.3 is 0 Å². The minimum absolute atomic E-state index is 0.180. The van der Waals surface area contributed by atoms with Crippen molar-refractivity contribution in [1.82, 2.24) is 0 Å². The summed E-state index contributed by atoms with van der Waals surface area (Å²) in [6, 6.07) is 14.6. The highest BCUT2D eigenvalue weighted by Crippen LogP contribution is 2.31. The van der Waals surface area contributed by atoms with Crippen molar-refractivity contribution in [3.63, 3.8) is 0 Å². The molecule has 0 unspecified atom stereocenters. The molecule has 0 amide bonds. The van der Waals surface area contributed by atoms with E-state index in [2.05, 4.69) is 15.9 Å². The zero-order chi connectivity index (χ0) is 18.4. The Kier molecular flexibility index (Phi) is 6.30. The molecule has 1 aromatic heterocycles. The average molecular weight is 419 g/mol. The lowest BCUT2D eigenvalue weighted by atomic mass is 10.1. The number of benzene rings is 2. The molecular weight excluding hydrogens is 400 g/mol. The van der Waals surface area contributed by atoms with Crippen LogP contribution in [0.4, 0.5) is 0 Å². The third-order valence-corrected chi connectivity index (χ3v) is 4.11. The van der Waals surface area contributed by atoms with Gasteiger partial charge in [0.05, 0.1) is 25.7 Å². The molecule has 0 N–H and O–H groups in total. The van der Waals surface area contributed by atoms with Gasteiger partial charge in [0, 0.05) is 10.9 Å². The Hall–Kier alpha value is -2.31. The van der Waals surface area contributed by atoms with E-state index >= 15 is 0 Å². The first kappa shape index (κ1) is 18.5. The molecule has 0 aliphatic carbocycles. The fourth-order valence-electron chi connectivity index (χ4n) is 2.55. The molecule has 0 saturated carbocycles. The topological polar surface area (TPSA) is 57.9 Å². The van der Waals surface area contributed by atoms with Gasteiger partial charge in [-0.1, -0.05) is 46.3 Å². The van der Waals surface area contributed by atoms with Crippen LogP contribution in [-0.4, -0.2) is 32.3 Å². The van der Waals surface area contributed by atoms with Gasteiger partial charge in [-0.2, -0.15) is 0 Å². The van der Waals surface area contributed by atoms with Crippen molar-refractivity contribution >= 4 is 26.9 Å². The van der Waals surface area contributed by atoms with E-state index in [0.29, 0.717) is 35.7 Å². The monoisotopic (exact) mass is 418 g/mol. The van der Waals surface area contributed by atoms with Crippen molar-refractivity contribution in [1.29, 1.82) is 0 Å². The van der Waals surface area contributed by atoms with E-state index in [1.165, 1.54) is 0 Å². The van der Waals surface area contributed by atoms with Gasteiger partial charge in [-0.15, -0.1) is 0 Å². The summed E-state index contributed by atoms with van der Waals surface area (Å²) in [5.74, 6) is 1.18. The highest BCUT2D eigenvalue weighted by Gasteiger charge is 2.18. The minimum Gasteiger partial charge on any atom is -0.497 e. The number of hydrogen-bond acceptors (Lipinski definition) is 5. The summed E-state index contributed by atoms with van der Waals surface area (Å²) in [5.41, 5.74) is 1.03. The third-order valence-electron chi connectivity index (χ3n) is 3.79.